The summed E-state index contributed by atoms with van der Waals surface area (Å²) in [5, 5.41) is 2.88. The molecule has 1 aromatic rings. The number of ether oxygens (including phenoxy) is 2. The molecule has 0 atom stereocenters. The number of piperazine rings is 1. The number of hydrogen-bond donors (Lipinski definition) is 1. The normalized spacial score (nSPS) is 16.3. The van der Waals surface area contributed by atoms with E-state index in [2.05, 4.69) is 5.32 Å². The molecule has 8 nitrogen and oxygen atoms in total. The van der Waals surface area contributed by atoms with Gasteiger partial charge in [-0.05, 0) is 18.1 Å². The highest BCUT2D eigenvalue weighted by atomic mass is 32.2. The molecule has 0 radical (unpaired) electrons. The average Bonchev–Trinajstić information content (AvgIpc) is 2.66. The number of hydrogen-bond acceptors (Lipinski definition) is 6. The van der Waals surface area contributed by atoms with Crippen LogP contribution in [0, 0.1) is 5.92 Å². The van der Waals surface area contributed by atoms with E-state index >= 15 is 0 Å². The molecule has 1 heterocycles. The highest BCUT2D eigenvalue weighted by Gasteiger charge is 2.31. The van der Waals surface area contributed by atoms with Crippen molar-refractivity contribution in [3.8, 4) is 11.5 Å². The molecular weight excluding hydrogens is 370 g/mol. The number of sulfonamides is 1. The first-order valence-corrected chi connectivity index (χ1v) is 10.4. The molecular formula is C18H29N3O5S. The molecule has 152 valence electrons. The molecule has 1 N–H and O–H groups in total. The van der Waals surface area contributed by atoms with Crippen LogP contribution in [0.25, 0.3) is 0 Å². The van der Waals surface area contributed by atoms with Gasteiger partial charge in [-0.15, -0.1) is 0 Å². The van der Waals surface area contributed by atoms with Gasteiger partial charge in [0, 0.05) is 38.8 Å². The lowest BCUT2D eigenvalue weighted by atomic mass is 10.2. The maximum absolute atomic E-state index is 13.0. The summed E-state index contributed by atoms with van der Waals surface area (Å²) in [7, 11) is -0.783. The van der Waals surface area contributed by atoms with Crippen molar-refractivity contribution in [2.75, 3.05) is 53.5 Å². The van der Waals surface area contributed by atoms with Crippen molar-refractivity contribution < 1.29 is 22.7 Å². The molecule has 1 saturated heterocycles. The van der Waals surface area contributed by atoms with Gasteiger partial charge in [-0.25, -0.2) is 8.42 Å². The molecule has 2 rings (SSSR count). The molecule has 1 aliphatic heterocycles. The van der Waals surface area contributed by atoms with E-state index in [0.29, 0.717) is 44.4 Å². The Morgan fingerprint density at radius 3 is 2.37 bits per heavy atom. The fourth-order valence-corrected chi connectivity index (χ4v) is 4.42. The van der Waals surface area contributed by atoms with Gasteiger partial charge in [0.2, 0.25) is 15.9 Å². The maximum atomic E-state index is 13.0. The van der Waals surface area contributed by atoms with Gasteiger partial charge in [-0.1, -0.05) is 13.8 Å². The van der Waals surface area contributed by atoms with Crippen molar-refractivity contribution in [2.24, 2.45) is 5.92 Å². The van der Waals surface area contributed by atoms with E-state index < -0.39 is 10.0 Å². The van der Waals surface area contributed by atoms with E-state index in [1.165, 1.54) is 24.6 Å². The topological polar surface area (TPSA) is 88.2 Å². The van der Waals surface area contributed by atoms with Crippen LogP contribution < -0.4 is 14.8 Å². The molecule has 0 aliphatic carbocycles. The molecule has 0 saturated carbocycles. The summed E-state index contributed by atoms with van der Waals surface area (Å²) in [6.07, 6.45) is 0. The fraction of sp³-hybridized carbons (Fsp3) is 0.611. The van der Waals surface area contributed by atoms with Gasteiger partial charge in [0.25, 0.3) is 0 Å². The average molecular weight is 400 g/mol. The third-order valence-corrected chi connectivity index (χ3v) is 6.31. The van der Waals surface area contributed by atoms with Crippen LogP contribution in [0.2, 0.25) is 0 Å². The van der Waals surface area contributed by atoms with Gasteiger partial charge in [-0.2, -0.15) is 4.31 Å². The summed E-state index contributed by atoms with van der Waals surface area (Å²) in [6.45, 7) is 6.64. The Kier molecular flexibility index (Phi) is 7.46. The van der Waals surface area contributed by atoms with E-state index in [0.717, 1.165) is 0 Å². The van der Waals surface area contributed by atoms with Crippen LogP contribution >= 0.6 is 0 Å². The number of nitrogens with zero attached hydrogens (tertiary/aromatic N) is 2. The van der Waals surface area contributed by atoms with Gasteiger partial charge in [-0.3, -0.25) is 9.69 Å². The summed E-state index contributed by atoms with van der Waals surface area (Å²) in [6, 6.07) is 4.71. The van der Waals surface area contributed by atoms with E-state index in [4.69, 9.17) is 9.47 Å². The molecule has 1 amide bonds. The molecule has 0 aromatic heterocycles. The monoisotopic (exact) mass is 399 g/mol. The first-order valence-electron chi connectivity index (χ1n) is 8.99. The molecule has 0 unspecified atom stereocenters. The Morgan fingerprint density at radius 2 is 1.81 bits per heavy atom. The summed E-state index contributed by atoms with van der Waals surface area (Å²) in [5.41, 5.74) is 0. The zero-order valence-electron chi connectivity index (χ0n) is 16.4. The minimum Gasteiger partial charge on any atom is -0.497 e. The summed E-state index contributed by atoms with van der Waals surface area (Å²) < 4.78 is 37.9. The van der Waals surface area contributed by atoms with Crippen molar-refractivity contribution in [3.63, 3.8) is 0 Å². The van der Waals surface area contributed by atoms with E-state index in [9.17, 15) is 13.2 Å². The number of rotatable bonds is 8. The molecule has 1 fully saturated rings. The second-order valence-electron chi connectivity index (χ2n) is 6.89. The first kappa shape index (κ1) is 21.5. The van der Waals surface area contributed by atoms with Gasteiger partial charge in [0.05, 0.1) is 20.8 Å². The number of nitrogens with one attached hydrogen (secondary N) is 1. The highest BCUT2D eigenvalue weighted by molar-refractivity contribution is 7.89. The zero-order valence-corrected chi connectivity index (χ0v) is 17.2. The fourth-order valence-electron chi connectivity index (χ4n) is 2.83. The molecule has 1 aliphatic rings. The SMILES string of the molecule is COc1ccc(OC)c(S(=O)(=O)N2CCN(CC(=O)NCC(C)C)CC2)c1. The minimum absolute atomic E-state index is 0.0329. The largest absolute Gasteiger partial charge is 0.497 e. The number of carbonyl (C=O) groups is 1. The number of methoxy groups -OCH3 is 2. The van der Waals surface area contributed by atoms with E-state index in [1.807, 2.05) is 18.7 Å². The quantitative estimate of drug-likeness (QED) is 0.695. The van der Waals surface area contributed by atoms with Crippen molar-refractivity contribution in [1.82, 2.24) is 14.5 Å². The van der Waals surface area contributed by atoms with Crippen LogP contribution in [0.3, 0.4) is 0 Å². The number of amides is 1. The lowest BCUT2D eigenvalue weighted by Crippen LogP contribution is -2.51. The van der Waals surface area contributed by atoms with Crippen LogP contribution in [-0.2, 0) is 14.8 Å². The predicted molar refractivity (Wildman–Crippen MR) is 103 cm³/mol. The second-order valence-corrected chi connectivity index (χ2v) is 8.80. The maximum Gasteiger partial charge on any atom is 0.246 e. The van der Waals surface area contributed by atoms with Crippen LogP contribution in [0.15, 0.2) is 23.1 Å². The first-order chi connectivity index (χ1) is 12.8. The smallest absolute Gasteiger partial charge is 0.246 e. The molecule has 1 aromatic carbocycles. The molecule has 27 heavy (non-hydrogen) atoms. The van der Waals surface area contributed by atoms with Crippen molar-refractivity contribution in [2.45, 2.75) is 18.7 Å². The van der Waals surface area contributed by atoms with Crippen LogP contribution in [0.4, 0.5) is 0 Å². The van der Waals surface area contributed by atoms with Crippen LogP contribution in [0.5, 0.6) is 11.5 Å². The van der Waals surface area contributed by atoms with Crippen molar-refractivity contribution in [1.29, 1.82) is 0 Å². The van der Waals surface area contributed by atoms with Crippen LogP contribution in [0.1, 0.15) is 13.8 Å². The zero-order chi connectivity index (χ0) is 20.0. The molecule has 9 heteroatoms. The van der Waals surface area contributed by atoms with Crippen LogP contribution in [-0.4, -0.2) is 77.0 Å². The van der Waals surface area contributed by atoms with Crippen molar-refractivity contribution in [3.05, 3.63) is 18.2 Å². The molecule has 0 spiro atoms. The Labute approximate surface area is 161 Å². The third kappa shape index (κ3) is 5.57. The predicted octanol–water partition coefficient (Wildman–Crippen LogP) is 0.782. The number of benzene rings is 1. The second kappa shape index (κ2) is 9.38. The summed E-state index contributed by atoms with van der Waals surface area (Å²) in [4.78, 5) is 14.0. The Bertz CT molecular complexity index is 743. The molecule has 0 bridgehead atoms. The Balaban J connectivity index is 2.01. The van der Waals surface area contributed by atoms with E-state index in [1.54, 1.807) is 12.1 Å². The third-order valence-electron chi connectivity index (χ3n) is 4.39. The summed E-state index contributed by atoms with van der Waals surface area (Å²) in [5.74, 6) is 1.10. The highest BCUT2D eigenvalue weighted by Crippen LogP contribution is 2.31. The lowest BCUT2D eigenvalue weighted by Gasteiger charge is -2.33. The van der Waals surface area contributed by atoms with Gasteiger partial charge >= 0.3 is 0 Å². The van der Waals surface area contributed by atoms with Crippen molar-refractivity contribution >= 4 is 15.9 Å². The Morgan fingerprint density at radius 1 is 1.15 bits per heavy atom. The lowest BCUT2D eigenvalue weighted by molar-refractivity contribution is -0.122. The minimum atomic E-state index is -3.71. The van der Waals surface area contributed by atoms with E-state index in [-0.39, 0.29) is 23.1 Å². The van der Waals surface area contributed by atoms with Gasteiger partial charge in [0.15, 0.2) is 0 Å². The standard InChI is InChI=1S/C18H29N3O5S/c1-14(2)12-19-18(22)13-20-7-9-21(10-8-20)27(23,24)17-11-15(25-3)5-6-16(17)26-4/h5-6,11,14H,7-10,12-13H2,1-4H3,(H,19,22). The number of carbonyl (C=O) groups excluding carboxylic acids is 1. The summed E-state index contributed by atoms with van der Waals surface area (Å²) >= 11 is 0. The Hall–Kier alpha value is -1.84. The van der Waals surface area contributed by atoms with Gasteiger partial charge < -0.3 is 14.8 Å². The van der Waals surface area contributed by atoms with Gasteiger partial charge in [0.1, 0.15) is 16.4 Å².